The molecule has 2 heterocycles. The molecule has 2 aromatic rings. The maximum absolute atomic E-state index is 12.8. The van der Waals surface area contributed by atoms with E-state index in [1.54, 1.807) is 12.1 Å². The van der Waals surface area contributed by atoms with Crippen molar-refractivity contribution in [3.05, 3.63) is 42.1 Å². The number of nitrogens with one attached hydrogen (secondary N) is 1. The van der Waals surface area contributed by atoms with Crippen molar-refractivity contribution in [2.45, 2.75) is 30.8 Å². The number of nitrogens with zero attached hydrogens (tertiary/aromatic N) is 2. The average molecular weight is 519 g/mol. The van der Waals surface area contributed by atoms with Gasteiger partial charge in [0.15, 0.2) is 5.82 Å². The van der Waals surface area contributed by atoms with Crippen LogP contribution in [0.15, 0.2) is 41.4 Å². The summed E-state index contributed by atoms with van der Waals surface area (Å²) in [6, 6.07) is 7.26. The molecule has 0 aliphatic carbocycles. The minimum absolute atomic E-state index is 0.0484. The molecule has 0 atom stereocenters. The molecular weight excluding hydrogens is 495 g/mol. The number of rotatable bonds is 6. The topological polar surface area (TPSA) is 146 Å². The molecule has 3 N–H and O–H groups in total. The van der Waals surface area contributed by atoms with E-state index in [4.69, 9.17) is 14.6 Å². The van der Waals surface area contributed by atoms with E-state index in [2.05, 4.69) is 16.6 Å². The van der Waals surface area contributed by atoms with E-state index in [0.29, 0.717) is 17.5 Å². The van der Waals surface area contributed by atoms with Gasteiger partial charge < -0.3 is 19.8 Å². The highest BCUT2D eigenvalue weighted by Gasteiger charge is 2.38. The van der Waals surface area contributed by atoms with Crippen LogP contribution in [0.1, 0.15) is 30.1 Å². The molecule has 3 rings (SSSR count). The fourth-order valence-corrected chi connectivity index (χ4v) is 4.13. The molecule has 1 aliphatic rings. The summed E-state index contributed by atoms with van der Waals surface area (Å²) in [5.41, 5.74) is 0.0758. The Balaban J connectivity index is 0.000000540. The number of benzene rings is 1. The van der Waals surface area contributed by atoms with Gasteiger partial charge in [0.25, 0.3) is 10.0 Å². The molecule has 14 heteroatoms. The Hall–Kier alpha value is -3.55. The second-order valence-electron chi connectivity index (χ2n) is 7.65. The van der Waals surface area contributed by atoms with E-state index in [0.717, 1.165) is 25.9 Å². The summed E-state index contributed by atoms with van der Waals surface area (Å²) < 4.78 is 64.9. The van der Waals surface area contributed by atoms with Gasteiger partial charge in [-0.25, -0.2) is 23.0 Å². The van der Waals surface area contributed by atoms with Gasteiger partial charge in [0.2, 0.25) is 0 Å². The molecule has 1 aromatic heterocycles. The first-order chi connectivity index (χ1) is 16.2. The summed E-state index contributed by atoms with van der Waals surface area (Å²) in [4.78, 5) is 26.5. The third-order valence-corrected chi connectivity index (χ3v) is 6.43. The number of pyridine rings is 1. The van der Waals surface area contributed by atoms with Gasteiger partial charge in [0, 0.05) is 19.3 Å². The third-order valence-electron chi connectivity index (χ3n) is 5.05. The van der Waals surface area contributed by atoms with Crippen molar-refractivity contribution in [2.75, 3.05) is 29.8 Å². The van der Waals surface area contributed by atoms with E-state index < -0.39 is 28.1 Å². The summed E-state index contributed by atoms with van der Waals surface area (Å²) in [6.45, 7) is 3.64. The zero-order valence-corrected chi connectivity index (χ0v) is 19.6. The maximum atomic E-state index is 12.8. The number of carboxylic acids is 2. The van der Waals surface area contributed by atoms with Gasteiger partial charge >= 0.3 is 18.1 Å². The van der Waals surface area contributed by atoms with E-state index in [-0.39, 0.29) is 16.1 Å². The third kappa shape index (κ3) is 7.73. The fraction of sp³-hybridized carbons (Fsp3) is 0.381. The van der Waals surface area contributed by atoms with Crippen LogP contribution in [0.2, 0.25) is 0 Å². The Kier molecular flexibility index (Phi) is 8.90. The lowest BCUT2D eigenvalue weighted by molar-refractivity contribution is -0.192. The number of sulfonamides is 1. The zero-order valence-electron chi connectivity index (χ0n) is 18.7. The largest absolute Gasteiger partial charge is 0.497 e. The van der Waals surface area contributed by atoms with Crippen molar-refractivity contribution >= 4 is 33.5 Å². The minimum atomic E-state index is -5.08. The monoisotopic (exact) mass is 519 g/mol. The summed E-state index contributed by atoms with van der Waals surface area (Å²) >= 11 is 0. The molecular formula is C21H24F3N3O7S. The van der Waals surface area contributed by atoms with Crippen molar-refractivity contribution < 1.29 is 46.1 Å². The second-order valence-corrected chi connectivity index (χ2v) is 9.34. The van der Waals surface area contributed by atoms with Crippen LogP contribution in [0.4, 0.5) is 24.7 Å². The summed E-state index contributed by atoms with van der Waals surface area (Å²) in [7, 11) is -2.42. The number of carbonyl (C=O) groups is 2. The van der Waals surface area contributed by atoms with Gasteiger partial charge in [-0.15, -0.1) is 0 Å². The molecule has 0 bridgehead atoms. The normalized spacial score (nSPS) is 14.5. The van der Waals surface area contributed by atoms with Crippen LogP contribution in [-0.2, 0) is 14.8 Å². The van der Waals surface area contributed by atoms with Crippen molar-refractivity contribution in [1.82, 2.24) is 4.98 Å². The molecule has 1 aromatic carbocycles. The Labute approximate surface area is 199 Å². The number of aromatic carboxylic acids is 1. The van der Waals surface area contributed by atoms with E-state index in [1.165, 1.54) is 31.5 Å². The van der Waals surface area contributed by atoms with Crippen molar-refractivity contribution in [2.24, 2.45) is 5.92 Å². The van der Waals surface area contributed by atoms with Gasteiger partial charge in [0.1, 0.15) is 5.75 Å². The Morgan fingerprint density at radius 1 is 1.14 bits per heavy atom. The molecule has 0 unspecified atom stereocenters. The second kappa shape index (κ2) is 11.3. The highest BCUT2D eigenvalue weighted by atomic mass is 32.2. The number of carboxylic acid groups (broad SMARTS) is 2. The number of aromatic nitrogens is 1. The molecule has 192 valence electrons. The smallest absolute Gasteiger partial charge is 0.490 e. The predicted octanol–water partition coefficient (Wildman–Crippen LogP) is 3.46. The number of alkyl halides is 3. The summed E-state index contributed by atoms with van der Waals surface area (Å²) in [5.74, 6) is -2.36. The van der Waals surface area contributed by atoms with Gasteiger partial charge in [-0.2, -0.15) is 13.2 Å². The first-order valence-electron chi connectivity index (χ1n) is 10.2. The first-order valence-corrected chi connectivity index (χ1v) is 11.7. The molecule has 1 fully saturated rings. The Morgan fingerprint density at radius 3 is 2.14 bits per heavy atom. The highest BCUT2D eigenvalue weighted by Crippen LogP contribution is 2.30. The molecule has 0 saturated carbocycles. The van der Waals surface area contributed by atoms with E-state index in [9.17, 15) is 31.5 Å². The lowest BCUT2D eigenvalue weighted by Crippen LogP contribution is -2.34. The first kappa shape index (κ1) is 27.7. The van der Waals surface area contributed by atoms with Gasteiger partial charge in [-0.3, -0.25) is 4.72 Å². The average Bonchev–Trinajstić information content (AvgIpc) is 2.79. The van der Waals surface area contributed by atoms with Gasteiger partial charge in [-0.05, 0) is 49.1 Å². The lowest BCUT2D eigenvalue weighted by atomic mass is 9.99. The standard InChI is InChI=1S/C19H23N3O5S.C2HF3O2/c1-13-7-9-22(10-8-13)18-17(11-14(12-20-18)19(23)24)21-28(25,26)16-5-3-15(27-2)4-6-16;3-2(4,5)1(6)7/h3-6,11-13,21H,7-10H2,1-2H3,(H,23,24);(H,6,7). The molecule has 1 saturated heterocycles. The number of hydrogen-bond donors (Lipinski definition) is 3. The van der Waals surface area contributed by atoms with Crippen LogP contribution < -0.4 is 14.4 Å². The quantitative estimate of drug-likeness (QED) is 0.522. The Bertz CT molecular complexity index is 1150. The summed E-state index contributed by atoms with van der Waals surface area (Å²) in [5, 5.41) is 16.4. The van der Waals surface area contributed by atoms with Crippen molar-refractivity contribution in [3.8, 4) is 5.75 Å². The van der Waals surface area contributed by atoms with Crippen LogP contribution >= 0.6 is 0 Å². The van der Waals surface area contributed by atoms with E-state index in [1.807, 2.05) is 4.90 Å². The number of piperidine rings is 1. The number of halogens is 3. The van der Waals surface area contributed by atoms with Crippen molar-refractivity contribution in [3.63, 3.8) is 0 Å². The van der Waals surface area contributed by atoms with Crippen LogP contribution in [0.3, 0.4) is 0 Å². The number of hydrogen-bond acceptors (Lipinski definition) is 7. The number of aliphatic carboxylic acids is 1. The number of anilines is 2. The minimum Gasteiger partial charge on any atom is -0.497 e. The van der Waals surface area contributed by atoms with Gasteiger partial charge in [-0.1, -0.05) is 6.92 Å². The molecule has 0 radical (unpaired) electrons. The molecule has 10 nitrogen and oxygen atoms in total. The number of methoxy groups -OCH3 is 1. The van der Waals surface area contributed by atoms with Crippen LogP contribution in [-0.4, -0.2) is 61.9 Å². The summed E-state index contributed by atoms with van der Waals surface area (Å²) in [6.07, 6.45) is -1.90. The van der Waals surface area contributed by atoms with E-state index >= 15 is 0 Å². The highest BCUT2D eigenvalue weighted by molar-refractivity contribution is 7.92. The van der Waals surface area contributed by atoms with Crippen molar-refractivity contribution in [1.29, 1.82) is 0 Å². The fourth-order valence-electron chi connectivity index (χ4n) is 3.08. The van der Waals surface area contributed by atoms with Crippen LogP contribution in [0.25, 0.3) is 0 Å². The molecule has 1 aliphatic heterocycles. The molecule has 35 heavy (non-hydrogen) atoms. The SMILES string of the molecule is COc1ccc(S(=O)(=O)Nc2cc(C(=O)O)cnc2N2CCC(C)CC2)cc1.O=C(O)C(F)(F)F. The predicted molar refractivity (Wildman–Crippen MR) is 119 cm³/mol. The molecule has 0 amide bonds. The van der Waals surface area contributed by atoms with Gasteiger partial charge in [0.05, 0.1) is 23.3 Å². The number of ether oxygens (including phenoxy) is 1. The zero-order chi connectivity index (χ0) is 26.4. The molecule has 0 spiro atoms. The Morgan fingerprint density at radius 2 is 1.69 bits per heavy atom. The van der Waals surface area contributed by atoms with Crippen LogP contribution in [0, 0.1) is 5.92 Å². The lowest BCUT2D eigenvalue weighted by Gasteiger charge is -2.32. The van der Waals surface area contributed by atoms with Crippen LogP contribution in [0.5, 0.6) is 5.75 Å². The maximum Gasteiger partial charge on any atom is 0.490 e.